The van der Waals surface area contributed by atoms with Gasteiger partial charge in [0.2, 0.25) is 0 Å². The third kappa shape index (κ3) is 4.69. The highest BCUT2D eigenvalue weighted by molar-refractivity contribution is 8.18. The van der Waals surface area contributed by atoms with Crippen molar-refractivity contribution in [3.8, 4) is 0 Å². The maximum atomic E-state index is 12.4. The van der Waals surface area contributed by atoms with Gasteiger partial charge in [0.25, 0.3) is 0 Å². The van der Waals surface area contributed by atoms with Crippen LogP contribution < -0.4 is 0 Å². The van der Waals surface area contributed by atoms with E-state index < -0.39 is 5.97 Å². The van der Waals surface area contributed by atoms with Crippen molar-refractivity contribution in [2.24, 2.45) is 4.99 Å². The number of carbonyl (C=O) groups excluding carboxylic acids is 1. The maximum Gasteiger partial charge on any atom is 0.344 e. The first-order valence-electron chi connectivity index (χ1n) is 8.82. The van der Waals surface area contributed by atoms with Crippen molar-refractivity contribution in [1.29, 1.82) is 0 Å². The molecule has 1 aliphatic rings. The first-order valence-corrected chi connectivity index (χ1v) is 10.9. The predicted octanol–water partition coefficient (Wildman–Crippen LogP) is 5.91. The molecule has 0 saturated heterocycles. The Morgan fingerprint density at radius 1 is 1.18 bits per heavy atom. The standard InChI is InChI=1S/C22H21NO3S2/c1-4-26-22(25)19-20(24)18(13-15-7-11-17(27-3)12-8-15)28-21(19)23-16-9-5-14(2)6-10-16/h5-13,24H,4H2,1-3H3. The highest BCUT2D eigenvalue weighted by Crippen LogP contribution is 2.40. The molecular formula is C22H21NO3S2. The van der Waals surface area contributed by atoms with Crippen molar-refractivity contribution in [2.75, 3.05) is 12.9 Å². The average molecular weight is 412 g/mol. The summed E-state index contributed by atoms with van der Waals surface area (Å²) in [6, 6.07) is 15.7. The molecule has 2 aromatic carbocycles. The molecule has 0 radical (unpaired) electrons. The minimum Gasteiger partial charge on any atom is -0.506 e. The summed E-state index contributed by atoms with van der Waals surface area (Å²) in [6.07, 6.45) is 3.87. The molecule has 0 aromatic heterocycles. The van der Waals surface area contributed by atoms with Crippen LogP contribution in [0.4, 0.5) is 5.69 Å². The molecule has 0 bridgehead atoms. The van der Waals surface area contributed by atoms with Gasteiger partial charge in [0.1, 0.15) is 16.4 Å². The van der Waals surface area contributed by atoms with Crippen LogP contribution in [-0.2, 0) is 9.53 Å². The van der Waals surface area contributed by atoms with Crippen LogP contribution in [0, 0.1) is 6.92 Å². The summed E-state index contributed by atoms with van der Waals surface area (Å²) in [5.74, 6) is -0.664. The van der Waals surface area contributed by atoms with Gasteiger partial charge < -0.3 is 9.84 Å². The van der Waals surface area contributed by atoms with Gasteiger partial charge in [-0.15, -0.1) is 11.8 Å². The monoisotopic (exact) mass is 411 g/mol. The van der Waals surface area contributed by atoms with E-state index in [0.29, 0.717) is 15.6 Å². The van der Waals surface area contributed by atoms with Crippen molar-refractivity contribution < 1.29 is 14.6 Å². The molecule has 0 amide bonds. The number of hydrogen-bond donors (Lipinski definition) is 1. The number of ether oxygens (including phenoxy) is 1. The Morgan fingerprint density at radius 3 is 2.46 bits per heavy atom. The van der Waals surface area contributed by atoms with E-state index in [9.17, 15) is 9.90 Å². The molecule has 0 spiro atoms. The highest BCUT2D eigenvalue weighted by atomic mass is 32.2. The Bertz CT molecular complexity index is 958. The molecule has 144 valence electrons. The van der Waals surface area contributed by atoms with E-state index >= 15 is 0 Å². The molecule has 2 aromatic rings. The van der Waals surface area contributed by atoms with Crippen LogP contribution in [0.15, 0.2) is 74.7 Å². The summed E-state index contributed by atoms with van der Waals surface area (Å²) < 4.78 is 5.13. The second-order valence-electron chi connectivity index (χ2n) is 6.08. The van der Waals surface area contributed by atoms with Crippen LogP contribution in [0.1, 0.15) is 18.1 Å². The van der Waals surface area contributed by atoms with E-state index in [-0.39, 0.29) is 17.9 Å². The second-order valence-corrected chi connectivity index (χ2v) is 7.99. The van der Waals surface area contributed by atoms with Crippen molar-refractivity contribution in [2.45, 2.75) is 18.7 Å². The number of nitrogens with zero attached hydrogens (tertiary/aromatic N) is 1. The number of esters is 1. The number of thioether (sulfide) groups is 2. The third-order valence-corrected chi connectivity index (χ3v) is 5.81. The van der Waals surface area contributed by atoms with Crippen molar-refractivity contribution >= 4 is 46.3 Å². The Kier molecular flexibility index (Phi) is 6.65. The number of carbonyl (C=O) groups is 1. The molecule has 28 heavy (non-hydrogen) atoms. The fraction of sp³-hybridized carbons (Fsp3) is 0.182. The largest absolute Gasteiger partial charge is 0.506 e. The van der Waals surface area contributed by atoms with Gasteiger partial charge in [-0.05, 0) is 56.0 Å². The molecule has 0 fully saturated rings. The fourth-order valence-corrected chi connectivity index (χ4v) is 4.02. The molecule has 4 nitrogen and oxygen atoms in total. The Balaban J connectivity index is 2.00. The van der Waals surface area contributed by atoms with Crippen molar-refractivity contribution in [3.05, 3.63) is 75.9 Å². The molecule has 6 heteroatoms. The average Bonchev–Trinajstić information content (AvgIpc) is 2.99. The Morgan fingerprint density at radius 2 is 1.86 bits per heavy atom. The first kappa shape index (κ1) is 20.3. The maximum absolute atomic E-state index is 12.4. The highest BCUT2D eigenvalue weighted by Gasteiger charge is 2.33. The SMILES string of the molecule is CCOC(=O)C1=C(O)C(=Cc2ccc(SC)cc2)SC1=Nc1ccc(C)cc1. The number of aliphatic hydroxyl groups is 1. The number of aliphatic hydroxyl groups excluding tert-OH is 1. The van der Waals surface area contributed by atoms with Crippen LogP contribution >= 0.6 is 23.5 Å². The van der Waals surface area contributed by atoms with Crippen LogP contribution in [0.2, 0.25) is 0 Å². The van der Waals surface area contributed by atoms with Gasteiger partial charge in [-0.25, -0.2) is 9.79 Å². The lowest BCUT2D eigenvalue weighted by atomic mass is 10.1. The molecule has 1 heterocycles. The topological polar surface area (TPSA) is 58.9 Å². The molecule has 3 rings (SSSR count). The van der Waals surface area contributed by atoms with Crippen LogP contribution in [0.5, 0.6) is 0 Å². The van der Waals surface area contributed by atoms with Gasteiger partial charge in [0.15, 0.2) is 0 Å². The minimum absolute atomic E-state index is 0.0942. The normalized spacial score (nSPS) is 16.8. The van der Waals surface area contributed by atoms with E-state index in [0.717, 1.165) is 16.0 Å². The Labute approximate surface area is 173 Å². The molecule has 1 aliphatic heterocycles. The minimum atomic E-state index is -0.570. The number of rotatable bonds is 5. The quantitative estimate of drug-likeness (QED) is 0.489. The third-order valence-electron chi connectivity index (χ3n) is 4.05. The summed E-state index contributed by atoms with van der Waals surface area (Å²) in [7, 11) is 0. The molecule has 0 aliphatic carbocycles. The lowest BCUT2D eigenvalue weighted by Crippen LogP contribution is -2.12. The van der Waals surface area contributed by atoms with Gasteiger partial charge in [0, 0.05) is 4.90 Å². The van der Waals surface area contributed by atoms with E-state index in [1.807, 2.05) is 67.8 Å². The predicted molar refractivity (Wildman–Crippen MR) is 118 cm³/mol. The molecule has 0 atom stereocenters. The van der Waals surface area contributed by atoms with Crippen LogP contribution in [0.25, 0.3) is 6.08 Å². The van der Waals surface area contributed by atoms with E-state index in [1.54, 1.807) is 18.7 Å². The molecular weight excluding hydrogens is 390 g/mol. The zero-order valence-electron chi connectivity index (χ0n) is 15.9. The number of aliphatic imine (C=N–C) groups is 1. The van der Waals surface area contributed by atoms with Crippen LogP contribution in [-0.4, -0.2) is 29.0 Å². The number of aryl methyl sites for hydroxylation is 1. The summed E-state index contributed by atoms with van der Waals surface area (Å²) in [6.45, 7) is 3.96. The smallest absolute Gasteiger partial charge is 0.344 e. The summed E-state index contributed by atoms with van der Waals surface area (Å²) in [5.41, 5.74) is 2.89. The van der Waals surface area contributed by atoms with E-state index in [1.165, 1.54) is 11.8 Å². The number of hydrogen-bond acceptors (Lipinski definition) is 6. The van der Waals surface area contributed by atoms with Gasteiger partial charge in [-0.3, -0.25) is 0 Å². The zero-order valence-corrected chi connectivity index (χ0v) is 17.6. The first-order chi connectivity index (χ1) is 13.5. The van der Waals surface area contributed by atoms with Gasteiger partial charge in [0.05, 0.1) is 17.2 Å². The number of benzene rings is 2. The van der Waals surface area contributed by atoms with Gasteiger partial charge >= 0.3 is 5.97 Å². The summed E-state index contributed by atoms with van der Waals surface area (Å²) in [4.78, 5) is 18.7. The van der Waals surface area contributed by atoms with Gasteiger partial charge in [-0.1, -0.05) is 41.6 Å². The lowest BCUT2D eigenvalue weighted by Gasteiger charge is -2.04. The summed E-state index contributed by atoms with van der Waals surface area (Å²) in [5, 5.41) is 11.1. The van der Waals surface area contributed by atoms with Gasteiger partial charge in [-0.2, -0.15) is 0 Å². The zero-order chi connectivity index (χ0) is 20.1. The van der Waals surface area contributed by atoms with E-state index in [4.69, 9.17) is 4.74 Å². The lowest BCUT2D eigenvalue weighted by molar-refractivity contribution is -0.138. The fourth-order valence-electron chi connectivity index (χ4n) is 2.58. The molecule has 1 N–H and O–H groups in total. The van der Waals surface area contributed by atoms with Crippen molar-refractivity contribution in [3.63, 3.8) is 0 Å². The molecule has 0 unspecified atom stereocenters. The van der Waals surface area contributed by atoms with E-state index in [2.05, 4.69) is 4.99 Å². The van der Waals surface area contributed by atoms with Crippen LogP contribution in [0.3, 0.4) is 0 Å². The second kappa shape index (κ2) is 9.17. The van der Waals surface area contributed by atoms with Crippen molar-refractivity contribution in [1.82, 2.24) is 0 Å². The molecule has 0 saturated carbocycles. The Hall–Kier alpha value is -2.44. The summed E-state index contributed by atoms with van der Waals surface area (Å²) >= 11 is 2.93.